The number of aromatic nitrogens is 4. The number of amides is 1. The molecule has 0 spiro atoms. The van der Waals surface area contributed by atoms with Crippen LogP contribution in [-0.2, 0) is 43.8 Å². The Labute approximate surface area is 270 Å². The van der Waals surface area contributed by atoms with Crippen LogP contribution in [0.25, 0.3) is 0 Å². The summed E-state index contributed by atoms with van der Waals surface area (Å²) in [5.41, 5.74) is 0.0672. The van der Waals surface area contributed by atoms with E-state index >= 15 is 0 Å². The zero-order valence-electron chi connectivity index (χ0n) is 26.0. The number of hydrogen-bond donors (Lipinski definition) is 0. The Morgan fingerprint density at radius 3 is 2.36 bits per heavy atom. The summed E-state index contributed by atoms with van der Waals surface area (Å²) in [5, 5.41) is 11.6. The first-order chi connectivity index (χ1) is 21.9. The van der Waals surface area contributed by atoms with Crippen LogP contribution in [0.3, 0.4) is 0 Å². The Morgan fingerprint density at radius 1 is 1.06 bits per heavy atom. The molecule has 12 nitrogen and oxygen atoms in total. The molecule has 2 heterocycles. The van der Waals surface area contributed by atoms with E-state index in [2.05, 4.69) is 19.8 Å². The number of alkyl halides is 3. The average Bonchev–Trinajstić information content (AvgIpc) is 3.42. The van der Waals surface area contributed by atoms with Crippen molar-refractivity contribution >= 4 is 32.1 Å². The van der Waals surface area contributed by atoms with E-state index in [0.29, 0.717) is 48.9 Å². The van der Waals surface area contributed by atoms with Crippen LogP contribution in [0.15, 0.2) is 50.6 Å². The molecule has 4 rings (SSSR count). The molecule has 0 aliphatic carbocycles. The van der Waals surface area contributed by atoms with E-state index in [1.165, 1.54) is 15.8 Å². The molecule has 3 aromatic rings. The van der Waals surface area contributed by atoms with Crippen LogP contribution < -0.4 is 0 Å². The first-order valence-corrected chi connectivity index (χ1v) is 17.7. The van der Waals surface area contributed by atoms with E-state index in [1.807, 2.05) is 0 Å². The van der Waals surface area contributed by atoms with Crippen molar-refractivity contribution in [2.45, 2.75) is 61.5 Å². The van der Waals surface area contributed by atoms with Gasteiger partial charge in [0.1, 0.15) is 17.1 Å². The third-order valence-corrected chi connectivity index (χ3v) is 10.7. The number of likely N-dealkylation sites (tertiary alicyclic amines) is 1. The summed E-state index contributed by atoms with van der Waals surface area (Å²) in [6.45, 7) is 2.32. The molecular weight excluding hydrogens is 666 g/mol. The first-order valence-electron chi connectivity index (χ1n) is 14.6. The second-order valence-electron chi connectivity index (χ2n) is 11.5. The van der Waals surface area contributed by atoms with Crippen LogP contribution in [0.1, 0.15) is 48.2 Å². The number of carbonyl (C=O) groups is 1. The van der Waals surface area contributed by atoms with Crippen molar-refractivity contribution in [3.63, 3.8) is 0 Å². The van der Waals surface area contributed by atoms with Crippen molar-refractivity contribution in [1.29, 1.82) is 0 Å². The lowest BCUT2D eigenvalue weighted by atomic mass is 9.94. The molecule has 1 amide bonds. The summed E-state index contributed by atoms with van der Waals surface area (Å²) < 4.78 is 109. The molecule has 0 saturated carbocycles. The molecule has 1 aliphatic rings. The maximum absolute atomic E-state index is 14.8. The summed E-state index contributed by atoms with van der Waals surface area (Å²) in [7, 11) is -5.17. The number of halogens is 4. The van der Waals surface area contributed by atoms with Crippen LogP contribution in [0.2, 0.25) is 0 Å². The fourth-order valence-corrected chi connectivity index (χ4v) is 7.57. The molecule has 2 aromatic carbocycles. The van der Waals surface area contributed by atoms with Gasteiger partial charge in [-0.15, -0.1) is 14.6 Å². The quantitative estimate of drug-likeness (QED) is 0.157. The smallest absolute Gasteiger partial charge is 0.368 e. The van der Waals surface area contributed by atoms with Gasteiger partial charge in [-0.3, -0.25) is 4.79 Å². The Morgan fingerprint density at radius 2 is 1.77 bits per heavy atom. The molecule has 0 bridgehead atoms. The van der Waals surface area contributed by atoms with E-state index in [1.54, 1.807) is 25.9 Å². The summed E-state index contributed by atoms with van der Waals surface area (Å²) in [6, 6.07) is 5.93. The van der Waals surface area contributed by atoms with Gasteiger partial charge >= 0.3 is 6.18 Å². The number of sulfonamides is 1. The van der Waals surface area contributed by atoms with Crippen molar-refractivity contribution in [3.8, 4) is 0 Å². The predicted octanol–water partition coefficient (Wildman–Crippen LogP) is 3.50. The van der Waals surface area contributed by atoms with E-state index in [4.69, 9.17) is 0 Å². The molecule has 18 heteroatoms. The third-order valence-electron chi connectivity index (χ3n) is 7.72. The van der Waals surface area contributed by atoms with Crippen molar-refractivity contribution in [3.05, 3.63) is 64.7 Å². The molecule has 1 aromatic heterocycles. The number of tetrazole rings is 1. The average molecular weight is 702 g/mol. The van der Waals surface area contributed by atoms with Crippen LogP contribution in [0, 0.1) is 18.7 Å². The lowest BCUT2D eigenvalue weighted by Gasteiger charge is -2.32. The summed E-state index contributed by atoms with van der Waals surface area (Å²) in [6.07, 6.45) is -1.98. The van der Waals surface area contributed by atoms with E-state index < -0.39 is 47.2 Å². The minimum absolute atomic E-state index is 0.0406. The molecule has 0 N–H and O–H groups in total. The summed E-state index contributed by atoms with van der Waals surface area (Å²) in [4.78, 5) is 16.2. The number of carbonyl (C=O) groups excluding carboxylic acids is 1. The maximum atomic E-state index is 14.8. The third kappa shape index (κ3) is 9.56. The first kappa shape index (κ1) is 35.9. The van der Waals surface area contributed by atoms with Gasteiger partial charge in [0.2, 0.25) is 5.91 Å². The lowest BCUT2D eigenvalue weighted by molar-refractivity contribution is -0.137. The number of aryl methyl sites for hydroxylation is 2. The van der Waals surface area contributed by atoms with Crippen LogP contribution in [0.4, 0.5) is 17.6 Å². The molecule has 1 aliphatic heterocycles. The van der Waals surface area contributed by atoms with Gasteiger partial charge in [0, 0.05) is 33.6 Å². The van der Waals surface area contributed by atoms with E-state index in [-0.39, 0.29) is 43.4 Å². The SMILES string of the molecule is Cc1nnn(Cc2cc(C(F)(F)F)ccc2CCC(=O)N2CCC(CCS(=O)(=O)c3ccc(S(=O)(=O)/N=C/N(C)C)cc3F)CC2)n1. The number of piperidine rings is 1. The molecule has 0 atom stereocenters. The van der Waals surface area contributed by atoms with Gasteiger partial charge in [0.25, 0.3) is 10.0 Å². The van der Waals surface area contributed by atoms with Gasteiger partial charge in [-0.25, -0.2) is 12.8 Å². The standard InChI is InChI=1S/C29H35F4N7O5S2/c1-20-35-37-40(36-20)18-23-16-24(29(31,32)33)6-4-22(23)5-9-28(41)39-13-10-21(11-14-39)12-15-46(42,43)27-8-7-25(17-26(27)30)47(44,45)34-19-38(2)3/h4,6-8,16-17,19,21H,5,9-15,18H2,1-3H3/b34-19+. The predicted molar refractivity (Wildman–Crippen MR) is 163 cm³/mol. The minimum atomic E-state index is -4.54. The monoisotopic (exact) mass is 701 g/mol. The normalized spacial score (nSPS) is 15.0. The highest BCUT2D eigenvalue weighted by Crippen LogP contribution is 2.31. The Bertz CT molecular complexity index is 1840. The molecule has 1 fully saturated rings. The number of rotatable bonds is 12. The van der Waals surface area contributed by atoms with E-state index in [9.17, 15) is 39.2 Å². The van der Waals surface area contributed by atoms with E-state index in [0.717, 1.165) is 30.6 Å². The Hall–Kier alpha value is -3.93. The molecule has 0 radical (unpaired) electrons. The van der Waals surface area contributed by atoms with Gasteiger partial charge in [-0.05, 0) is 85.2 Å². The highest BCUT2D eigenvalue weighted by atomic mass is 32.2. The second-order valence-corrected chi connectivity index (χ2v) is 15.2. The molecule has 47 heavy (non-hydrogen) atoms. The Kier molecular flexibility index (Phi) is 11.0. The molecule has 0 unspecified atom stereocenters. The Balaban J connectivity index is 1.31. The summed E-state index contributed by atoms with van der Waals surface area (Å²) >= 11 is 0. The van der Waals surface area contributed by atoms with Crippen molar-refractivity contribution in [1.82, 2.24) is 30.0 Å². The van der Waals surface area contributed by atoms with Gasteiger partial charge < -0.3 is 9.80 Å². The minimum Gasteiger partial charge on any atom is -0.368 e. The summed E-state index contributed by atoms with van der Waals surface area (Å²) in [5.74, 6) is -1.39. The largest absolute Gasteiger partial charge is 0.416 e. The van der Waals surface area contributed by atoms with Crippen molar-refractivity contribution < 1.29 is 39.2 Å². The van der Waals surface area contributed by atoms with Gasteiger partial charge in [-0.2, -0.15) is 26.4 Å². The number of benzene rings is 2. The molecule has 1 saturated heterocycles. The van der Waals surface area contributed by atoms with Gasteiger partial charge in [-0.1, -0.05) is 6.07 Å². The fourth-order valence-electron chi connectivity index (χ4n) is 5.15. The van der Waals surface area contributed by atoms with Crippen LogP contribution >= 0.6 is 0 Å². The van der Waals surface area contributed by atoms with Crippen molar-refractivity contribution in [2.75, 3.05) is 32.9 Å². The van der Waals surface area contributed by atoms with Crippen LogP contribution in [-0.4, -0.2) is 92.0 Å². The number of hydrogen-bond acceptors (Lipinski definition) is 8. The topological polar surface area (TPSA) is 148 Å². The molecular formula is C29H35F4N7O5S2. The maximum Gasteiger partial charge on any atom is 0.416 e. The lowest BCUT2D eigenvalue weighted by Crippen LogP contribution is -2.39. The highest BCUT2D eigenvalue weighted by Gasteiger charge is 2.31. The van der Waals surface area contributed by atoms with Gasteiger partial charge in [0.15, 0.2) is 15.7 Å². The fraction of sp³-hybridized carbons (Fsp3) is 0.483. The number of nitrogens with zero attached hydrogens (tertiary/aromatic N) is 7. The zero-order valence-corrected chi connectivity index (χ0v) is 27.6. The second kappa shape index (κ2) is 14.5. The van der Waals surface area contributed by atoms with Crippen molar-refractivity contribution in [2.24, 2.45) is 10.3 Å². The zero-order chi connectivity index (χ0) is 34.6. The highest BCUT2D eigenvalue weighted by molar-refractivity contribution is 7.91. The molecule has 256 valence electrons. The number of sulfone groups is 1. The van der Waals surface area contributed by atoms with Crippen LogP contribution in [0.5, 0.6) is 0 Å². The van der Waals surface area contributed by atoms with Gasteiger partial charge in [0.05, 0.1) is 22.8 Å².